The molecular weight excluding hydrogens is 304 g/mol. The van der Waals surface area contributed by atoms with Gasteiger partial charge in [-0.1, -0.05) is 0 Å². The summed E-state index contributed by atoms with van der Waals surface area (Å²) in [6.07, 6.45) is -7.48. The molecule has 1 heterocycles. The van der Waals surface area contributed by atoms with Crippen molar-refractivity contribution in [2.75, 3.05) is 6.61 Å². The van der Waals surface area contributed by atoms with E-state index in [2.05, 4.69) is 5.32 Å². The molecule has 10 N–H and O–H groups in total. The van der Waals surface area contributed by atoms with Crippen LogP contribution in [0.1, 0.15) is 13.3 Å². The number of ether oxygens (including phenoxy) is 1. The van der Waals surface area contributed by atoms with Crippen LogP contribution in [-0.2, 0) is 14.3 Å². The molecule has 1 rings (SSSR count). The molecule has 0 bridgehead atoms. The Morgan fingerprint density at radius 2 is 1.95 bits per heavy atom. The zero-order valence-corrected chi connectivity index (χ0v) is 11.9. The molecule has 6 atom stereocenters. The molecule has 0 aliphatic carbocycles. The number of rotatable bonds is 5. The summed E-state index contributed by atoms with van der Waals surface area (Å²) in [6.45, 7) is 0.256. The number of nitrogens with one attached hydrogen (secondary N) is 1. The van der Waals surface area contributed by atoms with Crippen LogP contribution in [0.4, 0.5) is 0 Å². The molecule has 11 heteroatoms. The second-order valence-electron chi connectivity index (χ2n) is 4.91. The molecule has 0 saturated carbocycles. The molecule has 11 nitrogen and oxygen atoms in total. The van der Waals surface area contributed by atoms with Gasteiger partial charge in [0, 0.05) is 13.3 Å². The number of hydrogen-bond donors (Lipinski definition) is 8. The van der Waals surface area contributed by atoms with E-state index in [1.54, 1.807) is 0 Å². The first-order valence-corrected chi connectivity index (χ1v) is 6.18. The summed E-state index contributed by atoms with van der Waals surface area (Å²) in [4.78, 5) is 22.1. The molecule has 130 valence electrons. The van der Waals surface area contributed by atoms with Crippen LogP contribution in [0.15, 0.2) is 0 Å². The average molecular weight is 326 g/mol. The quantitative estimate of drug-likeness (QED) is 0.247. The van der Waals surface area contributed by atoms with E-state index < -0.39 is 61.1 Å². The Balaban J connectivity index is 0.00000441. The number of carboxylic acid groups (broad SMARTS) is 1. The summed E-state index contributed by atoms with van der Waals surface area (Å²) in [5, 5.41) is 59.0. The van der Waals surface area contributed by atoms with Crippen LogP contribution in [0.2, 0.25) is 0 Å². The third kappa shape index (κ3) is 4.33. The summed E-state index contributed by atoms with van der Waals surface area (Å²) in [5.74, 6) is -5.17. The predicted molar refractivity (Wildman–Crippen MR) is 69.8 cm³/mol. The van der Waals surface area contributed by atoms with Crippen molar-refractivity contribution >= 4 is 11.9 Å². The van der Waals surface area contributed by atoms with Crippen molar-refractivity contribution in [2.45, 2.75) is 49.6 Å². The van der Waals surface area contributed by atoms with Crippen LogP contribution in [0.5, 0.6) is 0 Å². The SMILES string of the molecule is CC(=O)N[C@H]1[C@H]([C@H](O)[C@H](O)CO)OC(O)(C(=O)O)C[C@@H]1O.N. The van der Waals surface area contributed by atoms with Crippen molar-refractivity contribution in [3.63, 3.8) is 0 Å². The number of aliphatic hydroxyl groups is 5. The highest BCUT2D eigenvalue weighted by molar-refractivity contribution is 5.76. The zero-order chi connectivity index (χ0) is 16.4. The van der Waals surface area contributed by atoms with Gasteiger partial charge in [0.05, 0.1) is 18.8 Å². The molecule has 0 aromatic heterocycles. The van der Waals surface area contributed by atoms with E-state index in [4.69, 9.17) is 14.9 Å². The lowest BCUT2D eigenvalue weighted by molar-refractivity contribution is -0.295. The van der Waals surface area contributed by atoms with Gasteiger partial charge < -0.3 is 46.8 Å². The molecule has 1 fully saturated rings. The van der Waals surface area contributed by atoms with E-state index in [0.29, 0.717) is 0 Å². The number of hydrogen-bond acceptors (Lipinski definition) is 9. The molecule has 1 aliphatic heterocycles. The van der Waals surface area contributed by atoms with Crippen LogP contribution in [-0.4, -0.2) is 85.4 Å². The summed E-state index contributed by atoms with van der Waals surface area (Å²) in [6, 6.07) is -1.27. The highest BCUT2D eigenvalue weighted by Gasteiger charge is 2.53. The molecular formula is C11H22N2O9. The highest BCUT2D eigenvalue weighted by Crippen LogP contribution is 2.30. The van der Waals surface area contributed by atoms with Gasteiger partial charge >= 0.3 is 5.97 Å². The normalized spacial score (nSPS) is 34.2. The topological polar surface area (TPSA) is 212 Å². The maximum atomic E-state index is 11.1. The number of amides is 1. The minimum absolute atomic E-state index is 0. The van der Waals surface area contributed by atoms with Gasteiger partial charge in [-0.25, -0.2) is 4.79 Å². The minimum atomic E-state index is -2.78. The van der Waals surface area contributed by atoms with Gasteiger partial charge in [0.25, 0.3) is 5.79 Å². The van der Waals surface area contributed by atoms with Gasteiger partial charge in [-0.05, 0) is 0 Å². The number of carboxylic acids is 1. The summed E-state index contributed by atoms with van der Waals surface area (Å²) >= 11 is 0. The van der Waals surface area contributed by atoms with E-state index >= 15 is 0 Å². The lowest BCUT2D eigenvalue weighted by Crippen LogP contribution is -2.67. The van der Waals surface area contributed by atoms with E-state index in [0.717, 1.165) is 6.92 Å². The zero-order valence-electron chi connectivity index (χ0n) is 11.9. The van der Waals surface area contributed by atoms with Gasteiger partial charge in [-0.3, -0.25) is 4.79 Å². The molecule has 0 spiro atoms. The minimum Gasteiger partial charge on any atom is -0.477 e. The second-order valence-corrected chi connectivity index (χ2v) is 4.91. The predicted octanol–water partition coefficient (Wildman–Crippen LogP) is -3.71. The second kappa shape index (κ2) is 7.78. The van der Waals surface area contributed by atoms with E-state index in [1.165, 1.54) is 0 Å². The summed E-state index contributed by atoms with van der Waals surface area (Å²) < 4.78 is 4.86. The monoisotopic (exact) mass is 326 g/mol. The van der Waals surface area contributed by atoms with E-state index in [9.17, 15) is 30.0 Å². The van der Waals surface area contributed by atoms with Gasteiger partial charge in [0.15, 0.2) is 0 Å². The van der Waals surface area contributed by atoms with Crippen LogP contribution >= 0.6 is 0 Å². The third-order valence-electron chi connectivity index (χ3n) is 3.21. The Morgan fingerprint density at radius 3 is 2.36 bits per heavy atom. The molecule has 1 saturated heterocycles. The molecule has 1 aliphatic rings. The molecule has 1 unspecified atom stereocenters. The first-order valence-electron chi connectivity index (χ1n) is 6.18. The largest absolute Gasteiger partial charge is 0.477 e. The van der Waals surface area contributed by atoms with E-state index in [-0.39, 0.29) is 6.15 Å². The van der Waals surface area contributed by atoms with Crippen molar-refractivity contribution in [3.8, 4) is 0 Å². The number of carbonyl (C=O) groups excluding carboxylic acids is 1. The maximum Gasteiger partial charge on any atom is 0.364 e. The Bertz CT molecular complexity index is 407. The standard InChI is InChI=1S/C11H19NO9.H3N/c1-4(14)12-7-5(15)2-11(20,10(18)19)21-9(7)8(17)6(16)3-13;/h5-9,13,15-17,20H,2-3H2,1H3,(H,12,14)(H,18,19);1H3/t5-,6+,7+,8+,9+,11?;/m0./s1. The average Bonchev–Trinajstić information content (AvgIpc) is 2.39. The third-order valence-corrected chi connectivity index (χ3v) is 3.21. The van der Waals surface area contributed by atoms with Crippen molar-refractivity contribution in [2.24, 2.45) is 0 Å². The fourth-order valence-electron chi connectivity index (χ4n) is 2.14. The molecule has 0 radical (unpaired) electrons. The molecule has 22 heavy (non-hydrogen) atoms. The van der Waals surface area contributed by atoms with Gasteiger partial charge in [-0.2, -0.15) is 0 Å². The fraction of sp³-hybridized carbons (Fsp3) is 0.818. The van der Waals surface area contributed by atoms with Crippen molar-refractivity contribution < 1.29 is 45.0 Å². The van der Waals surface area contributed by atoms with E-state index in [1.807, 2.05) is 0 Å². The molecule has 1 amide bonds. The highest BCUT2D eigenvalue weighted by atomic mass is 16.7. The van der Waals surface area contributed by atoms with Crippen LogP contribution in [0.3, 0.4) is 0 Å². The lowest BCUT2D eigenvalue weighted by atomic mass is 9.88. The van der Waals surface area contributed by atoms with Crippen molar-refractivity contribution in [1.82, 2.24) is 11.5 Å². The molecule has 0 aromatic carbocycles. The van der Waals surface area contributed by atoms with Gasteiger partial charge in [0.1, 0.15) is 18.3 Å². The molecule has 0 aromatic rings. The van der Waals surface area contributed by atoms with Crippen LogP contribution < -0.4 is 11.5 Å². The Labute approximate surface area is 125 Å². The Hall–Kier alpha value is -1.34. The first kappa shape index (κ1) is 20.7. The Kier molecular flexibility index (Phi) is 7.31. The lowest BCUT2D eigenvalue weighted by Gasteiger charge is -2.44. The van der Waals surface area contributed by atoms with Gasteiger partial charge in [-0.15, -0.1) is 0 Å². The first-order chi connectivity index (χ1) is 9.62. The Morgan fingerprint density at radius 1 is 1.41 bits per heavy atom. The number of carbonyl (C=O) groups is 2. The van der Waals surface area contributed by atoms with Gasteiger partial charge in [0.2, 0.25) is 5.91 Å². The number of aliphatic hydroxyl groups excluding tert-OH is 4. The summed E-state index contributed by atoms with van der Waals surface area (Å²) in [7, 11) is 0. The summed E-state index contributed by atoms with van der Waals surface area (Å²) in [5.41, 5.74) is 0. The number of aliphatic carboxylic acids is 1. The maximum absolute atomic E-state index is 11.1. The van der Waals surface area contributed by atoms with Crippen molar-refractivity contribution in [3.05, 3.63) is 0 Å². The smallest absolute Gasteiger partial charge is 0.364 e. The van der Waals surface area contributed by atoms with Crippen LogP contribution in [0, 0.1) is 0 Å². The van der Waals surface area contributed by atoms with Crippen LogP contribution in [0.25, 0.3) is 0 Å². The van der Waals surface area contributed by atoms with Crippen molar-refractivity contribution in [1.29, 1.82) is 0 Å². The fourth-order valence-corrected chi connectivity index (χ4v) is 2.14.